The molecule has 1 unspecified atom stereocenters. The molecule has 1 aliphatic heterocycles. The summed E-state index contributed by atoms with van der Waals surface area (Å²) in [5, 5.41) is 0. The van der Waals surface area contributed by atoms with Gasteiger partial charge in [0.1, 0.15) is 23.0 Å². The zero-order valence-electron chi connectivity index (χ0n) is 16.0. The van der Waals surface area contributed by atoms with E-state index in [1.807, 2.05) is 25.1 Å². The first-order valence-corrected chi connectivity index (χ1v) is 9.94. The summed E-state index contributed by atoms with van der Waals surface area (Å²) in [5.74, 6) is 1.30. The second-order valence-electron chi connectivity index (χ2n) is 6.84. The van der Waals surface area contributed by atoms with E-state index >= 15 is 0 Å². The number of halogens is 1. The van der Waals surface area contributed by atoms with Crippen LogP contribution in [0.4, 0.5) is 0 Å². The first kappa shape index (κ1) is 18.6. The molecule has 0 aliphatic carbocycles. The van der Waals surface area contributed by atoms with Crippen molar-refractivity contribution in [2.24, 2.45) is 10.7 Å². The molecule has 1 aromatic heterocycles. The van der Waals surface area contributed by atoms with Crippen LogP contribution in [0.5, 0.6) is 5.75 Å². The first-order valence-electron chi connectivity index (χ1n) is 9.15. The minimum Gasteiger partial charge on any atom is -0.493 e. The summed E-state index contributed by atoms with van der Waals surface area (Å²) in [5.41, 5.74) is 10.9. The Morgan fingerprint density at radius 3 is 2.43 bits per heavy atom. The molecule has 0 fully saturated rings. The Labute approximate surface area is 172 Å². The SMILES string of the molecule is CCOc1c(C)cc(C2(c3cccc(Br)c3)N=C(N)c3nccnc32)cc1C. The van der Waals surface area contributed by atoms with Crippen LogP contribution in [0.25, 0.3) is 0 Å². The Hall–Kier alpha value is -2.73. The third kappa shape index (κ3) is 2.79. The van der Waals surface area contributed by atoms with Crippen molar-refractivity contribution in [1.82, 2.24) is 9.97 Å². The van der Waals surface area contributed by atoms with E-state index in [4.69, 9.17) is 15.5 Å². The maximum atomic E-state index is 6.30. The van der Waals surface area contributed by atoms with Crippen LogP contribution in [0.1, 0.15) is 40.6 Å². The fourth-order valence-electron chi connectivity index (χ4n) is 3.89. The lowest BCUT2D eigenvalue weighted by molar-refractivity contribution is 0.335. The molecule has 142 valence electrons. The lowest BCUT2D eigenvalue weighted by atomic mass is 9.79. The molecule has 6 heteroatoms. The minimum absolute atomic E-state index is 0.396. The minimum atomic E-state index is -0.849. The molecule has 0 amide bonds. The van der Waals surface area contributed by atoms with E-state index in [0.29, 0.717) is 18.1 Å². The molecule has 0 saturated heterocycles. The van der Waals surface area contributed by atoms with Gasteiger partial charge in [0, 0.05) is 16.9 Å². The van der Waals surface area contributed by atoms with Gasteiger partial charge in [-0.05, 0) is 67.3 Å². The highest BCUT2D eigenvalue weighted by atomic mass is 79.9. The summed E-state index contributed by atoms with van der Waals surface area (Å²) in [7, 11) is 0. The summed E-state index contributed by atoms with van der Waals surface area (Å²) in [4.78, 5) is 14.0. The van der Waals surface area contributed by atoms with Gasteiger partial charge in [-0.2, -0.15) is 0 Å². The van der Waals surface area contributed by atoms with E-state index in [9.17, 15) is 0 Å². The molecule has 3 aromatic rings. The standard InChI is InChI=1S/C22H21BrN4O/c1-4-28-19-13(2)10-16(11-14(19)3)22(15-6-5-7-17(23)12-15)20-18(21(24)27-22)25-8-9-26-20/h5-12H,4H2,1-3H3,(H2,24,27). The number of aryl methyl sites for hydroxylation is 2. The van der Waals surface area contributed by atoms with Gasteiger partial charge >= 0.3 is 0 Å². The van der Waals surface area contributed by atoms with Crippen LogP contribution in [0.2, 0.25) is 0 Å². The van der Waals surface area contributed by atoms with Crippen molar-refractivity contribution >= 4 is 21.8 Å². The maximum Gasteiger partial charge on any atom is 0.157 e. The van der Waals surface area contributed by atoms with Crippen LogP contribution in [0.3, 0.4) is 0 Å². The molecule has 0 bridgehead atoms. The number of hydrogen-bond donors (Lipinski definition) is 1. The van der Waals surface area contributed by atoms with E-state index in [2.05, 4.69) is 57.9 Å². The number of ether oxygens (including phenoxy) is 1. The average Bonchev–Trinajstić information content (AvgIpc) is 2.99. The number of hydrogen-bond acceptors (Lipinski definition) is 5. The highest BCUT2D eigenvalue weighted by Crippen LogP contribution is 2.46. The number of rotatable bonds is 4. The van der Waals surface area contributed by atoms with Crippen LogP contribution in [-0.2, 0) is 5.54 Å². The van der Waals surface area contributed by atoms with E-state index in [1.165, 1.54) is 0 Å². The Balaban J connectivity index is 2.05. The Kier molecular flexibility index (Phi) is 4.67. The third-order valence-electron chi connectivity index (χ3n) is 4.98. The average molecular weight is 437 g/mol. The van der Waals surface area contributed by atoms with Crippen molar-refractivity contribution in [2.75, 3.05) is 6.61 Å². The van der Waals surface area contributed by atoms with Gasteiger partial charge in [0.05, 0.1) is 6.61 Å². The van der Waals surface area contributed by atoms with Crippen molar-refractivity contribution < 1.29 is 4.74 Å². The lowest BCUT2D eigenvalue weighted by Crippen LogP contribution is -2.27. The number of nitrogens with two attached hydrogens (primary N) is 1. The summed E-state index contributed by atoms with van der Waals surface area (Å²) in [6.07, 6.45) is 3.33. The maximum absolute atomic E-state index is 6.30. The molecular weight excluding hydrogens is 416 g/mol. The van der Waals surface area contributed by atoms with E-state index in [1.54, 1.807) is 12.4 Å². The van der Waals surface area contributed by atoms with E-state index < -0.39 is 5.54 Å². The van der Waals surface area contributed by atoms with Gasteiger partial charge in [-0.1, -0.05) is 28.1 Å². The predicted octanol–water partition coefficient (Wildman–Crippen LogP) is 4.27. The molecule has 0 spiro atoms. The third-order valence-corrected chi connectivity index (χ3v) is 5.47. The molecular formula is C22H21BrN4O. The molecule has 0 radical (unpaired) electrons. The topological polar surface area (TPSA) is 73.4 Å². The first-order chi connectivity index (χ1) is 13.5. The molecule has 28 heavy (non-hydrogen) atoms. The van der Waals surface area contributed by atoms with Crippen molar-refractivity contribution in [1.29, 1.82) is 0 Å². The van der Waals surface area contributed by atoms with Crippen molar-refractivity contribution in [3.8, 4) is 5.75 Å². The predicted molar refractivity (Wildman–Crippen MR) is 114 cm³/mol. The van der Waals surface area contributed by atoms with E-state index in [-0.39, 0.29) is 0 Å². The zero-order chi connectivity index (χ0) is 19.9. The highest BCUT2D eigenvalue weighted by molar-refractivity contribution is 9.10. The van der Waals surface area contributed by atoms with Gasteiger partial charge in [-0.15, -0.1) is 0 Å². The molecule has 1 aliphatic rings. The second kappa shape index (κ2) is 7.02. The van der Waals surface area contributed by atoms with Gasteiger partial charge in [-0.3, -0.25) is 4.98 Å². The van der Waals surface area contributed by atoms with Crippen molar-refractivity contribution in [3.05, 3.63) is 86.9 Å². The van der Waals surface area contributed by atoms with Gasteiger partial charge < -0.3 is 10.5 Å². The molecule has 0 saturated carbocycles. The molecule has 4 rings (SSSR count). The number of fused-ring (bicyclic) bond motifs is 1. The number of amidine groups is 1. The highest BCUT2D eigenvalue weighted by Gasteiger charge is 2.45. The zero-order valence-corrected chi connectivity index (χ0v) is 17.6. The quantitative estimate of drug-likeness (QED) is 0.662. The Morgan fingerprint density at radius 1 is 1.04 bits per heavy atom. The largest absolute Gasteiger partial charge is 0.493 e. The molecule has 1 atom stereocenters. The number of aliphatic imine (C=N–C) groups is 1. The summed E-state index contributed by atoms with van der Waals surface area (Å²) < 4.78 is 6.80. The molecule has 2 heterocycles. The van der Waals surface area contributed by atoms with Crippen molar-refractivity contribution in [2.45, 2.75) is 26.3 Å². The van der Waals surface area contributed by atoms with Crippen LogP contribution < -0.4 is 10.5 Å². The Morgan fingerprint density at radius 2 is 1.75 bits per heavy atom. The Bertz CT molecular complexity index is 1070. The fourth-order valence-corrected chi connectivity index (χ4v) is 4.29. The molecule has 5 nitrogen and oxygen atoms in total. The van der Waals surface area contributed by atoms with Gasteiger partial charge in [0.2, 0.25) is 0 Å². The number of aromatic nitrogens is 2. The monoisotopic (exact) mass is 436 g/mol. The van der Waals surface area contributed by atoms with Crippen molar-refractivity contribution in [3.63, 3.8) is 0 Å². The van der Waals surface area contributed by atoms with Crippen LogP contribution in [0.15, 0.2) is 58.3 Å². The normalized spacial score (nSPS) is 17.9. The summed E-state index contributed by atoms with van der Waals surface area (Å²) >= 11 is 3.59. The van der Waals surface area contributed by atoms with E-state index in [0.717, 1.165) is 38.2 Å². The summed E-state index contributed by atoms with van der Waals surface area (Å²) in [6, 6.07) is 12.3. The number of nitrogens with zero attached hydrogens (tertiary/aromatic N) is 3. The van der Waals surface area contributed by atoms with Crippen LogP contribution in [-0.4, -0.2) is 22.4 Å². The fraction of sp³-hybridized carbons (Fsp3) is 0.227. The molecule has 2 N–H and O–H groups in total. The molecule has 2 aromatic carbocycles. The smallest absolute Gasteiger partial charge is 0.157 e. The van der Waals surface area contributed by atoms with Crippen LogP contribution in [0, 0.1) is 13.8 Å². The van der Waals surface area contributed by atoms with Gasteiger partial charge in [0.15, 0.2) is 5.54 Å². The summed E-state index contributed by atoms with van der Waals surface area (Å²) in [6.45, 7) is 6.71. The van der Waals surface area contributed by atoms with Crippen LogP contribution >= 0.6 is 15.9 Å². The number of benzene rings is 2. The second-order valence-corrected chi connectivity index (χ2v) is 7.76. The van der Waals surface area contributed by atoms with Gasteiger partial charge in [0.25, 0.3) is 0 Å². The lowest BCUT2D eigenvalue weighted by Gasteiger charge is -2.29. The van der Waals surface area contributed by atoms with Gasteiger partial charge in [-0.25, -0.2) is 9.98 Å².